The Bertz CT molecular complexity index is 1070. The van der Waals surface area contributed by atoms with Crippen LogP contribution in [-0.4, -0.2) is 26.0 Å². The van der Waals surface area contributed by atoms with Crippen molar-refractivity contribution < 1.29 is 9.90 Å². The number of nitrogens with one attached hydrogen (secondary N) is 1. The summed E-state index contributed by atoms with van der Waals surface area (Å²) in [6, 6.07) is 17.6. The molecule has 27 heavy (non-hydrogen) atoms. The van der Waals surface area contributed by atoms with Crippen LogP contribution in [0, 0.1) is 0 Å². The lowest BCUT2D eigenvalue weighted by molar-refractivity contribution is 0.0695. The largest absolute Gasteiger partial charge is 0.478 e. The van der Waals surface area contributed by atoms with E-state index < -0.39 is 5.97 Å². The monoisotopic (exact) mass is 394 g/mol. The summed E-state index contributed by atoms with van der Waals surface area (Å²) < 4.78 is 1.06. The maximum atomic E-state index is 11.5. The van der Waals surface area contributed by atoms with E-state index in [1.165, 1.54) is 29.3 Å². The molecule has 4 aromatic rings. The maximum absolute atomic E-state index is 11.5. The topological polar surface area (TPSA) is 88.0 Å². The van der Waals surface area contributed by atoms with E-state index in [4.69, 9.17) is 0 Å². The molecule has 0 radical (unpaired) electrons. The van der Waals surface area contributed by atoms with Crippen molar-refractivity contribution >= 4 is 50.4 Å². The highest BCUT2D eigenvalue weighted by Crippen LogP contribution is 2.28. The first-order chi connectivity index (χ1) is 13.2. The lowest BCUT2D eigenvalue weighted by Gasteiger charge is -2.08. The van der Waals surface area contributed by atoms with Crippen molar-refractivity contribution in [3.63, 3.8) is 0 Å². The van der Waals surface area contributed by atoms with Crippen molar-refractivity contribution in [3.8, 4) is 0 Å². The number of para-hydroxylation sites is 1. The van der Waals surface area contributed by atoms with Crippen molar-refractivity contribution in [3.05, 3.63) is 72.1 Å². The fraction of sp³-hybridized carbons (Fsp3) is 0.0526. The van der Waals surface area contributed by atoms with Gasteiger partial charge in [0.2, 0.25) is 5.95 Å². The lowest BCUT2D eigenvalue weighted by atomic mass is 10.2. The Kier molecular flexibility index (Phi) is 4.99. The number of hydrogen-bond donors (Lipinski definition) is 2. The van der Waals surface area contributed by atoms with Gasteiger partial charge in [0.05, 0.1) is 15.9 Å². The molecule has 0 bridgehead atoms. The van der Waals surface area contributed by atoms with Crippen LogP contribution >= 0.6 is 23.1 Å². The highest BCUT2D eigenvalue weighted by molar-refractivity contribution is 7.98. The van der Waals surface area contributed by atoms with Gasteiger partial charge in [0.15, 0.2) is 5.13 Å². The third-order valence-corrected chi connectivity index (χ3v) is 5.70. The van der Waals surface area contributed by atoms with Crippen molar-refractivity contribution in [2.24, 2.45) is 0 Å². The van der Waals surface area contributed by atoms with Crippen LogP contribution < -0.4 is 5.32 Å². The van der Waals surface area contributed by atoms with Gasteiger partial charge in [-0.2, -0.15) is 0 Å². The van der Waals surface area contributed by atoms with Crippen LogP contribution in [0.25, 0.3) is 10.2 Å². The Morgan fingerprint density at radius 1 is 1.07 bits per heavy atom. The molecule has 0 saturated heterocycles. The average Bonchev–Trinajstić information content (AvgIpc) is 3.09. The second kappa shape index (κ2) is 7.73. The number of hydrogen-bond acceptors (Lipinski definition) is 7. The summed E-state index contributed by atoms with van der Waals surface area (Å²) in [4.78, 5) is 25.6. The third kappa shape index (κ3) is 4.07. The lowest BCUT2D eigenvalue weighted by Crippen LogP contribution is -2.08. The van der Waals surface area contributed by atoms with Gasteiger partial charge in [0, 0.05) is 16.8 Å². The van der Waals surface area contributed by atoms with Crippen molar-refractivity contribution in [1.29, 1.82) is 0 Å². The molecule has 0 saturated carbocycles. The number of benzene rings is 2. The number of anilines is 2. The van der Waals surface area contributed by atoms with Gasteiger partial charge in [0.1, 0.15) is 5.56 Å². The molecular weight excluding hydrogens is 380 g/mol. The third-order valence-electron chi connectivity index (χ3n) is 3.73. The van der Waals surface area contributed by atoms with Crippen LogP contribution in [0.2, 0.25) is 0 Å². The van der Waals surface area contributed by atoms with E-state index in [0.717, 1.165) is 15.1 Å². The minimum atomic E-state index is -1.04. The van der Waals surface area contributed by atoms with Gasteiger partial charge >= 0.3 is 5.97 Å². The Morgan fingerprint density at radius 3 is 2.63 bits per heavy atom. The summed E-state index contributed by atoms with van der Waals surface area (Å²) in [5.41, 5.74) is 1.47. The fourth-order valence-corrected chi connectivity index (χ4v) is 4.19. The Hall–Kier alpha value is -2.97. The minimum absolute atomic E-state index is 0.105. The first-order valence-electron chi connectivity index (χ1n) is 8.09. The molecule has 2 aromatic carbocycles. The number of carboxylic acid groups (broad SMARTS) is 1. The molecular formula is C19H14N4O2S2. The molecule has 2 heterocycles. The summed E-state index contributed by atoms with van der Waals surface area (Å²) in [6.07, 6.45) is 1.34. The summed E-state index contributed by atoms with van der Waals surface area (Å²) in [7, 11) is 0. The van der Waals surface area contributed by atoms with Crippen LogP contribution in [0.1, 0.15) is 16.1 Å². The van der Waals surface area contributed by atoms with Crippen LogP contribution in [0.5, 0.6) is 0 Å². The SMILES string of the molecule is O=C(O)c1cnc(Nc2nc3ccccc3s2)nc1CSc1ccccc1. The predicted octanol–water partition coefficient (Wildman–Crippen LogP) is 4.82. The van der Waals surface area contributed by atoms with Gasteiger partial charge in [-0.25, -0.2) is 19.7 Å². The maximum Gasteiger partial charge on any atom is 0.339 e. The van der Waals surface area contributed by atoms with Gasteiger partial charge in [-0.05, 0) is 24.3 Å². The predicted molar refractivity (Wildman–Crippen MR) is 108 cm³/mol. The first-order valence-corrected chi connectivity index (χ1v) is 9.89. The number of carbonyl (C=O) groups is 1. The van der Waals surface area contributed by atoms with Gasteiger partial charge < -0.3 is 10.4 Å². The minimum Gasteiger partial charge on any atom is -0.478 e. The second-order valence-electron chi connectivity index (χ2n) is 5.57. The summed E-state index contributed by atoms with van der Waals surface area (Å²) in [5, 5.41) is 13.2. The van der Waals surface area contributed by atoms with Gasteiger partial charge in [0.25, 0.3) is 0 Å². The van der Waals surface area contributed by atoms with Gasteiger partial charge in [-0.3, -0.25) is 0 Å². The molecule has 0 spiro atoms. The summed E-state index contributed by atoms with van der Waals surface area (Å²) in [5.74, 6) is -0.268. The number of aromatic carboxylic acids is 1. The molecule has 0 aliphatic rings. The van der Waals surface area contributed by atoms with Gasteiger partial charge in [-0.1, -0.05) is 41.7 Å². The molecule has 2 N–H and O–H groups in total. The van der Waals surface area contributed by atoms with Crippen LogP contribution in [0.4, 0.5) is 11.1 Å². The quantitative estimate of drug-likeness (QED) is 0.453. The summed E-state index contributed by atoms with van der Waals surface area (Å²) in [6.45, 7) is 0. The van der Waals surface area contributed by atoms with Crippen LogP contribution in [0.15, 0.2) is 65.7 Å². The van der Waals surface area contributed by atoms with Crippen LogP contribution in [0.3, 0.4) is 0 Å². The molecule has 4 rings (SSSR count). The smallest absolute Gasteiger partial charge is 0.339 e. The number of thiazole rings is 1. The number of aromatic nitrogens is 3. The van der Waals surface area contributed by atoms with Gasteiger partial charge in [-0.15, -0.1) is 11.8 Å². The van der Waals surface area contributed by atoms with E-state index in [9.17, 15) is 9.90 Å². The molecule has 8 heteroatoms. The molecule has 0 amide bonds. The molecule has 0 fully saturated rings. The molecule has 0 unspecified atom stereocenters. The molecule has 6 nitrogen and oxygen atoms in total. The number of fused-ring (bicyclic) bond motifs is 1. The number of nitrogens with zero attached hydrogens (tertiary/aromatic N) is 3. The Balaban J connectivity index is 1.58. The zero-order chi connectivity index (χ0) is 18.6. The van der Waals surface area contributed by atoms with E-state index in [2.05, 4.69) is 20.3 Å². The van der Waals surface area contributed by atoms with Crippen molar-refractivity contribution in [2.75, 3.05) is 5.32 Å². The highest BCUT2D eigenvalue weighted by atomic mass is 32.2. The van der Waals surface area contributed by atoms with Crippen molar-refractivity contribution in [1.82, 2.24) is 15.0 Å². The molecule has 134 valence electrons. The summed E-state index contributed by atoms with van der Waals surface area (Å²) >= 11 is 3.02. The number of thioether (sulfide) groups is 1. The molecule has 2 aromatic heterocycles. The average molecular weight is 394 g/mol. The molecule has 0 atom stereocenters. The zero-order valence-corrected chi connectivity index (χ0v) is 15.6. The highest BCUT2D eigenvalue weighted by Gasteiger charge is 2.15. The second-order valence-corrected chi connectivity index (χ2v) is 7.65. The van der Waals surface area contributed by atoms with Crippen LogP contribution in [-0.2, 0) is 5.75 Å². The van der Waals surface area contributed by atoms with E-state index >= 15 is 0 Å². The number of carboxylic acids is 1. The van der Waals surface area contributed by atoms with E-state index in [-0.39, 0.29) is 5.56 Å². The fourth-order valence-electron chi connectivity index (χ4n) is 2.46. The zero-order valence-electron chi connectivity index (χ0n) is 14.0. The normalized spacial score (nSPS) is 10.8. The molecule has 0 aliphatic carbocycles. The first kappa shape index (κ1) is 17.4. The van der Waals surface area contributed by atoms with E-state index in [0.29, 0.717) is 22.5 Å². The standard InChI is InChI=1S/C19H14N4O2S2/c24-17(25)13-10-20-18(21-15(13)11-26-12-6-2-1-3-7-12)23-19-22-14-8-4-5-9-16(14)27-19/h1-10H,11H2,(H,24,25)(H,20,21,22,23). The van der Waals surface area contributed by atoms with E-state index in [1.54, 1.807) is 0 Å². The Morgan fingerprint density at radius 2 is 1.85 bits per heavy atom. The Labute approximate surface area is 163 Å². The van der Waals surface area contributed by atoms with E-state index in [1.807, 2.05) is 54.6 Å². The van der Waals surface area contributed by atoms with Crippen molar-refractivity contribution in [2.45, 2.75) is 10.6 Å². The molecule has 0 aliphatic heterocycles. The number of rotatable bonds is 6.